The van der Waals surface area contributed by atoms with E-state index in [1.807, 2.05) is 0 Å². The Hall–Kier alpha value is -1.42. The molecule has 1 N–H and O–H groups in total. The molecule has 1 aliphatic heterocycles. The second-order valence-corrected chi connectivity index (χ2v) is 4.69. The smallest absolute Gasteiger partial charge is 0.167 e. The quantitative estimate of drug-likeness (QED) is 0.867. The second kappa shape index (κ2) is 4.45. The van der Waals surface area contributed by atoms with Gasteiger partial charge < -0.3 is 9.84 Å². The zero-order valence-corrected chi connectivity index (χ0v) is 9.58. The molecule has 1 atom stereocenters. The second-order valence-electron chi connectivity index (χ2n) is 4.69. The average Bonchev–Trinajstić information content (AvgIpc) is 2.73. The predicted octanol–water partition coefficient (Wildman–Crippen LogP) is 2.51. The first-order chi connectivity index (χ1) is 8.33. The number of piperidine rings is 1. The van der Waals surface area contributed by atoms with Crippen molar-refractivity contribution >= 4 is 11.0 Å². The van der Waals surface area contributed by atoms with Crippen LogP contribution in [0.25, 0.3) is 11.0 Å². The highest BCUT2D eigenvalue weighted by atomic mass is 19.1. The number of nitrogens with one attached hydrogen (secondary N) is 1. The van der Waals surface area contributed by atoms with Gasteiger partial charge in [-0.3, -0.25) is 0 Å². The van der Waals surface area contributed by atoms with E-state index in [0.717, 1.165) is 30.6 Å². The summed E-state index contributed by atoms with van der Waals surface area (Å²) in [7, 11) is 0. The molecule has 2 heterocycles. The van der Waals surface area contributed by atoms with Crippen LogP contribution >= 0.6 is 0 Å². The van der Waals surface area contributed by atoms with Gasteiger partial charge >= 0.3 is 0 Å². The summed E-state index contributed by atoms with van der Waals surface area (Å²) in [5.74, 6) is 0.351. The zero-order valence-electron chi connectivity index (χ0n) is 9.58. The molecule has 1 unspecified atom stereocenters. The summed E-state index contributed by atoms with van der Waals surface area (Å²) in [6.45, 7) is 2.12. The van der Waals surface area contributed by atoms with Crippen molar-refractivity contribution in [3.05, 3.63) is 29.7 Å². The lowest BCUT2D eigenvalue weighted by molar-refractivity contribution is 0.363. The van der Waals surface area contributed by atoms with Crippen LogP contribution < -0.4 is 5.32 Å². The van der Waals surface area contributed by atoms with Crippen molar-refractivity contribution in [1.29, 1.82) is 0 Å². The minimum absolute atomic E-state index is 0.233. The first-order valence-corrected chi connectivity index (χ1v) is 6.07. The third kappa shape index (κ3) is 2.17. The van der Waals surface area contributed by atoms with Gasteiger partial charge in [-0.2, -0.15) is 0 Å². The first kappa shape index (κ1) is 10.7. The van der Waals surface area contributed by atoms with Crippen LogP contribution in [-0.2, 0) is 6.42 Å². The summed E-state index contributed by atoms with van der Waals surface area (Å²) in [6.07, 6.45) is 3.27. The number of hydrogen-bond acceptors (Lipinski definition) is 3. The van der Waals surface area contributed by atoms with E-state index in [2.05, 4.69) is 10.5 Å². The predicted molar refractivity (Wildman–Crippen MR) is 63.3 cm³/mol. The third-order valence-electron chi connectivity index (χ3n) is 3.39. The normalized spacial score (nSPS) is 20.9. The molecule has 0 bridgehead atoms. The van der Waals surface area contributed by atoms with Crippen molar-refractivity contribution in [2.45, 2.75) is 19.3 Å². The zero-order chi connectivity index (χ0) is 11.7. The lowest BCUT2D eigenvalue weighted by Gasteiger charge is -2.21. The standard InChI is InChI=1S/C13H15FN2O/c14-10-3-4-13-11(7-10)12(16-17-13)6-9-2-1-5-15-8-9/h3-4,7,9,15H,1-2,5-6,8H2. The molecule has 2 aromatic rings. The van der Waals surface area contributed by atoms with Crippen molar-refractivity contribution in [2.75, 3.05) is 13.1 Å². The van der Waals surface area contributed by atoms with Crippen LogP contribution in [0.5, 0.6) is 0 Å². The van der Waals surface area contributed by atoms with Crippen molar-refractivity contribution in [2.24, 2.45) is 5.92 Å². The van der Waals surface area contributed by atoms with Gasteiger partial charge in [-0.15, -0.1) is 0 Å². The highest BCUT2D eigenvalue weighted by Gasteiger charge is 2.17. The summed E-state index contributed by atoms with van der Waals surface area (Å²) in [5.41, 5.74) is 1.55. The van der Waals surface area contributed by atoms with Gasteiger partial charge in [-0.25, -0.2) is 4.39 Å². The fourth-order valence-electron chi connectivity index (χ4n) is 2.48. The SMILES string of the molecule is Fc1ccc2onc(CC3CCCNC3)c2c1. The van der Waals surface area contributed by atoms with Crippen LogP contribution in [0.1, 0.15) is 18.5 Å². The molecule has 1 aliphatic rings. The first-order valence-electron chi connectivity index (χ1n) is 6.07. The van der Waals surface area contributed by atoms with Crippen LogP contribution in [0.3, 0.4) is 0 Å². The topological polar surface area (TPSA) is 38.1 Å². The van der Waals surface area contributed by atoms with E-state index in [0.29, 0.717) is 11.5 Å². The van der Waals surface area contributed by atoms with E-state index in [1.165, 1.54) is 25.0 Å². The van der Waals surface area contributed by atoms with Gasteiger partial charge in [-0.1, -0.05) is 5.16 Å². The highest BCUT2D eigenvalue weighted by molar-refractivity contribution is 5.79. The molecular weight excluding hydrogens is 219 g/mol. The number of nitrogens with zero attached hydrogens (tertiary/aromatic N) is 1. The van der Waals surface area contributed by atoms with Crippen molar-refractivity contribution in [1.82, 2.24) is 10.5 Å². The molecule has 0 radical (unpaired) electrons. The molecule has 0 aliphatic carbocycles. The summed E-state index contributed by atoms with van der Waals surface area (Å²) in [5, 5.41) is 8.25. The Balaban J connectivity index is 1.86. The molecule has 0 spiro atoms. The van der Waals surface area contributed by atoms with Crippen molar-refractivity contribution in [3.63, 3.8) is 0 Å². The molecule has 1 aromatic heterocycles. The Morgan fingerprint density at radius 2 is 2.41 bits per heavy atom. The monoisotopic (exact) mass is 234 g/mol. The Labute approximate surface area is 99.0 Å². The van der Waals surface area contributed by atoms with Crippen LogP contribution in [0.15, 0.2) is 22.7 Å². The van der Waals surface area contributed by atoms with E-state index in [9.17, 15) is 4.39 Å². The lowest BCUT2D eigenvalue weighted by atomic mass is 9.94. The van der Waals surface area contributed by atoms with E-state index in [1.54, 1.807) is 6.07 Å². The maximum atomic E-state index is 13.2. The minimum Gasteiger partial charge on any atom is -0.356 e. The Morgan fingerprint density at radius 3 is 3.24 bits per heavy atom. The Morgan fingerprint density at radius 1 is 1.47 bits per heavy atom. The molecule has 90 valence electrons. The number of hydrogen-bond donors (Lipinski definition) is 1. The molecule has 3 nitrogen and oxygen atoms in total. The van der Waals surface area contributed by atoms with E-state index < -0.39 is 0 Å². The molecule has 1 aromatic carbocycles. The minimum atomic E-state index is -0.233. The summed E-state index contributed by atoms with van der Waals surface area (Å²) in [6, 6.07) is 4.55. The van der Waals surface area contributed by atoms with Gasteiger partial charge in [-0.05, 0) is 56.5 Å². The Kier molecular flexibility index (Phi) is 2.81. The van der Waals surface area contributed by atoms with Crippen molar-refractivity contribution in [3.8, 4) is 0 Å². The lowest BCUT2D eigenvalue weighted by Crippen LogP contribution is -2.30. The van der Waals surface area contributed by atoms with Gasteiger partial charge in [0.05, 0.1) is 5.69 Å². The van der Waals surface area contributed by atoms with E-state index >= 15 is 0 Å². The van der Waals surface area contributed by atoms with Gasteiger partial charge in [0.2, 0.25) is 0 Å². The van der Waals surface area contributed by atoms with E-state index in [-0.39, 0.29) is 5.82 Å². The maximum Gasteiger partial charge on any atom is 0.167 e. The largest absolute Gasteiger partial charge is 0.356 e. The molecule has 1 fully saturated rings. The maximum absolute atomic E-state index is 13.2. The van der Waals surface area contributed by atoms with E-state index in [4.69, 9.17) is 4.52 Å². The fourth-order valence-corrected chi connectivity index (χ4v) is 2.48. The number of aromatic nitrogens is 1. The molecule has 1 saturated heterocycles. The van der Waals surface area contributed by atoms with Gasteiger partial charge in [0.15, 0.2) is 5.58 Å². The number of rotatable bonds is 2. The number of halogens is 1. The average molecular weight is 234 g/mol. The molecule has 4 heteroatoms. The third-order valence-corrected chi connectivity index (χ3v) is 3.39. The summed E-state index contributed by atoms with van der Waals surface area (Å²) >= 11 is 0. The summed E-state index contributed by atoms with van der Waals surface area (Å²) < 4.78 is 18.4. The highest BCUT2D eigenvalue weighted by Crippen LogP contribution is 2.23. The van der Waals surface area contributed by atoms with Crippen LogP contribution in [0, 0.1) is 11.7 Å². The molecule has 3 rings (SSSR count). The van der Waals surface area contributed by atoms with Crippen LogP contribution in [0.4, 0.5) is 4.39 Å². The van der Waals surface area contributed by atoms with Gasteiger partial charge in [0.1, 0.15) is 5.82 Å². The number of fused-ring (bicyclic) bond motifs is 1. The van der Waals surface area contributed by atoms with Gasteiger partial charge in [0, 0.05) is 5.39 Å². The van der Waals surface area contributed by atoms with Gasteiger partial charge in [0.25, 0.3) is 0 Å². The molecular formula is C13H15FN2O. The molecule has 17 heavy (non-hydrogen) atoms. The Bertz CT molecular complexity index is 517. The van der Waals surface area contributed by atoms with Crippen molar-refractivity contribution < 1.29 is 8.91 Å². The molecule has 0 saturated carbocycles. The summed E-state index contributed by atoms with van der Waals surface area (Å²) in [4.78, 5) is 0. The van der Waals surface area contributed by atoms with Crippen LogP contribution in [-0.4, -0.2) is 18.2 Å². The molecule has 0 amide bonds. The fraction of sp³-hybridized carbons (Fsp3) is 0.462. The number of benzene rings is 1. The van der Waals surface area contributed by atoms with Crippen LogP contribution in [0.2, 0.25) is 0 Å².